The van der Waals surface area contributed by atoms with Gasteiger partial charge in [0.2, 0.25) is 5.82 Å². The first-order chi connectivity index (χ1) is 11.2. The normalized spacial score (nSPS) is 14.4. The van der Waals surface area contributed by atoms with Gasteiger partial charge in [-0.2, -0.15) is 5.26 Å². The number of nitro groups is 1. The number of piperazine rings is 1. The number of nitrogens with zero attached hydrogens (tertiary/aromatic N) is 6. The van der Waals surface area contributed by atoms with Gasteiger partial charge in [0.1, 0.15) is 11.9 Å². The van der Waals surface area contributed by atoms with E-state index in [9.17, 15) is 10.1 Å². The molecule has 0 unspecified atom stereocenters. The lowest BCUT2D eigenvalue weighted by Gasteiger charge is -2.35. The first kappa shape index (κ1) is 14.7. The van der Waals surface area contributed by atoms with E-state index in [1.54, 1.807) is 30.6 Å². The molecule has 3 rings (SSSR count). The fourth-order valence-electron chi connectivity index (χ4n) is 2.64. The third-order valence-corrected chi connectivity index (χ3v) is 3.75. The van der Waals surface area contributed by atoms with Crippen LogP contribution in [0, 0.1) is 21.4 Å². The Morgan fingerprint density at radius 2 is 1.61 bits per heavy atom. The second-order valence-corrected chi connectivity index (χ2v) is 5.06. The minimum absolute atomic E-state index is 0.0106. The van der Waals surface area contributed by atoms with E-state index in [0.717, 1.165) is 0 Å². The zero-order valence-corrected chi connectivity index (χ0v) is 12.3. The number of nitriles is 1. The Balaban J connectivity index is 1.77. The molecule has 0 N–H and O–H groups in total. The maximum Gasteiger partial charge on any atom is 0.311 e. The van der Waals surface area contributed by atoms with E-state index >= 15 is 0 Å². The van der Waals surface area contributed by atoms with Gasteiger partial charge in [0, 0.05) is 44.6 Å². The minimum atomic E-state index is -0.415. The van der Waals surface area contributed by atoms with Crippen molar-refractivity contribution >= 4 is 17.3 Å². The first-order valence-corrected chi connectivity index (χ1v) is 7.15. The molecule has 8 heteroatoms. The Labute approximate surface area is 132 Å². The number of rotatable bonds is 3. The van der Waals surface area contributed by atoms with Gasteiger partial charge in [0.25, 0.3) is 0 Å². The second kappa shape index (κ2) is 6.27. The van der Waals surface area contributed by atoms with Gasteiger partial charge in [-0.05, 0) is 18.2 Å². The molecule has 0 radical (unpaired) electrons. The van der Waals surface area contributed by atoms with Crippen molar-refractivity contribution in [1.29, 1.82) is 5.26 Å². The molecular formula is C15H14N6O2. The highest BCUT2D eigenvalue weighted by atomic mass is 16.6. The summed E-state index contributed by atoms with van der Waals surface area (Å²) in [4.78, 5) is 23.0. The molecule has 1 aliphatic heterocycles. The van der Waals surface area contributed by atoms with Crippen LogP contribution in [0.15, 0.2) is 36.7 Å². The van der Waals surface area contributed by atoms with Gasteiger partial charge >= 0.3 is 5.69 Å². The van der Waals surface area contributed by atoms with E-state index in [2.05, 4.69) is 16.0 Å². The van der Waals surface area contributed by atoms with Crippen molar-refractivity contribution in [3.8, 4) is 6.07 Å². The van der Waals surface area contributed by atoms with Gasteiger partial charge in [0.05, 0.1) is 10.5 Å². The summed E-state index contributed by atoms with van der Waals surface area (Å²) in [7, 11) is 0. The van der Waals surface area contributed by atoms with Crippen LogP contribution in [0.5, 0.6) is 0 Å². The third kappa shape index (κ3) is 2.89. The molecule has 3 heterocycles. The van der Waals surface area contributed by atoms with Crippen LogP contribution in [0.1, 0.15) is 5.56 Å². The van der Waals surface area contributed by atoms with Crippen molar-refractivity contribution in [1.82, 2.24) is 9.97 Å². The molecule has 0 aliphatic carbocycles. The zero-order chi connectivity index (χ0) is 16.2. The summed E-state index contributed by atoms with van der Waals surface area (Å²) in [5, 5.41) is 20.3. The maximum absolute atomic E-state index is 11.1. The van der Waals surface area contributed by atoms with E-state index in [4.69, 9.17) is 5.26 Å². The molecule has 23 heavy (non-hydrogen) atoms. The summed E-state index contributed by atoms with van der Waals surface area (Å²) in [6, 6.07) is 8.63. The smallest absolute Gasteiger partial charge is 0.311 e. The third-order valence-electron chi connectivity index (χ3n) is 3.75. The van der Waals surface area contributed by atoms with Gasteiger partial charge in [-0.25, -0.2) is 9.97 Å². The number of hydrogen-bond donors (Lipinski definition) is 0. The van der Waals surface area contributed by atoms with Crippen LogP contribution in [0.4, 0.5) is 17.3 Å². The van der Waals surface area contributed by atoms with Gasteiger partial charge in [-0.3, -0.25) is 10.1 Å². The summed E-state index contributed by atoms with van der Waals surface area (Å²) in [5.74, 6) is 1.05. The predicted molar refractivity (Wildman–Crippen MR) is 84.3 cm³/mol. The van der Waals surface area contributed by atoms with Crippen molar-refractivity contribution in [3.05, 3.63) is 52.3 Å². The van der Waals surface area contributed by atoms with Crippen LogP contribution < -0.4 is 9.80 Å². The number of hydrogen-bond acceptors (Lipinski definition) is 7. The lowest BCUT2D eigenvalue weighted by atomic mass is 10.2. The average molecular weight is 310 g/mol. The fraction of sp³-hybridized carbons (Fsp3) is 0.267. The molecule has 116 valence electrons. The van der Waals surface area contributed by atoms with Crippen LogP contribution in [0.2, 0.25) is 0 Å². The standard InChI is InChI=1S/C15H14N6O2/c16-11-12-3-1-5-17-14(12)19-7-9-20(10-8-19)15-13(21(22)23)4-2-6-18-15/h1-6H,7-10H2. The SMILES string of the molecule is N#Cc1cccnc1N1CCN(c2ncccc2[N+](=O)[O-])CC1. The van der Waals surface area contributed by atoms with Gasteiger partial charge in [-0.15, -0.1) is 0 Å². The highest BCUT2D eigenvalue weighted by Gasteiger charge is 2.25. The van der Waals surface area contributed by atoms with Crippen LogP contribution in [-0.2, 0) is 0 Å². The number of aromatic nitrogens is 2. The second-order valence-electron chi connectivity index (χ2n) is 5.06. The molecule has 1 fully saturated rings. The molecule has 0 aromatic carbocycles. The quantitative estimate of drug-likeness (QED) is 0.627. The first-order valence-electron chi connectivity index (χ1n) is 7.15. The van der Waals surface area contributed by atoms with E-state index in [0.29, 0.717) is 43.4 Å². The van der Waals surface area contributed by atoms with Gasteiger partial charge < -0.3 is 9.80 Å². The molecule has 0 atom stereocenters. The van der Waals surface area contributed by atoms with Crippen molar-refractivity contribution in [2.45, 2.75) is 0 Å². The van der Waals surface area contributed by atoms with E-state index < -0.39 is 4.92 Å². The Morgan fingerprint density at radius 1 is 1.04 bits per heavy atom. The Hall–Kier alpha value is -3.21. The Bertz CT molecular complexity index is 765. The molecule has 1 aliphatic rings. The van der Waals surface area contributed by atoms with Crippen molar-refractivity contribution in [3.63, 3.8) is 0 Å². The van der Waals surface area contributed by atoms with Crippen LogP contribution >= 0.6 is 0 Å². The summed E-state index contributed by atoms with van der Waals surface area (Å²) >= 11 is 0. The summed E-state index contributed by atoms with van der Waals surface area (Å²) in [6.45, 7) is 2.41. The highest BCUT2D eigenvalue weighted by Crippen LogP contribution is 2.27. The molecule has 0 saturated carbocycles. The topological polar surface area (TPSA) is 99.2 Å². The van der Waals surface area contributed by atoms with Crippen molar-refractivity contribution < 1.29 is 4.92 Å². The molecule has 1 saturated heterocycles. The monoisotopic (exact) mass is 310 g/mol. The van der Waals surface area contributed by atoms with Gasteiger partial charge in [-0.1, -0.05) is 0 Å². The molecule has 2 aromatic rings. The molecule has 2 aromatic heterocycles. The average Bonchev–Trinajstić information content (AvgIpc) is 2.62. The van der Waals surface area contributed by atoms with E-state index in [1.165, 1.54) is 6.07 Å². The Kier molecular flexibility index (Phi) is 4.01. The lowest BCUT2D eigenvalue weighted by Crippen LogP contribution is -2.47. The number of anilines is 2. The zero-order valence-electron chi connectivity index (χ0n) is 12.3. The van der Waals surface area contributed by atoms with Crippen LogP contribution in [-0.4, -0.2) is 41.1 Å². The lowest BCUT2D eigenvalue weighted by molar-refractivity contribution is -0.384. The van der Waals surface area contributed by atoms with E-state index in [1.807, 2.05) is 9.80 Å². The Morgan fingerprint density at radius 3 is 2.22 bits per heavy atom. The molecule has 0 amide bonds. The predicted octanol–water partition coefficient (Wildman–Crippen LogP) is 1.58. The molecule has 0 spiro atoms. The molecule has 8 nitrogen and oxygen atoms in total. The number of pyridine rings is 2. The van der Waals surface area contributed by atoms with Gasteiger partial charge in [0.15, 0.2) is 0 Å². The van der Waals surface area contributed by atoms with Crippen molar-refractivity contribution in [2.24, 2.45) is 0 Å². The summed E-state index contributed by atoms with van der Waals surface area (Å²) < 4.78 is 0. The summed E-state index contributed by atoms with van der Waals surface area (Å²) in [5.41, 5.74) is 0.543. The fourth-order valence-corrected chi connectivity index (χ4v) is 2.64. The van der Waals surface area contributed by atoms with Crippen LogP contribution in [0.25, 0.3) is 0 Å². The van der Waals surface area contributed by atoms with Crippen molar-refractivity contribution in [2.75, 3.05) is 36.0 Å². The van der Waals surface area contributed by atoms with Crippen LogP contribution in [0.3, 0.4) is 0 Å². The molecule has 0 bridgehead atoms. The van der Waals surface area contributed by atoms with E-state index in [-0.39, 0.29) is 5.69 Å². The molecular weight excluding hydrogens is 296 g/mol. The highest BCUT2D eigenvalue weighted by molar-refractivity contribution is 5.59. The maximum atomic E-state index is 11.1. The largest absolute Gasteiger partial charge is 0.352 e. The summed E-state index contributed by atoms with van der Waals surface area (Å²) in [6.07, 6.45) is 3.22. The minimum Gasteiger partial charge on any atom is -0.352 e.